The number of nitrogens with zero attached hydrogens (tertiary/aromatic N) is 1. The van der Waals surface area contributed by atoms with Crippen molar-refractivity contribution < 1.29 is 14.4 Å². The Kier molecular flexibility index (Phi) is 3.90. The van der Waals surface area contributed by atoms with Crippen LogP contribution in [0.15, 0.2) is 5.16 Å². The van der Waals surface area contributed by atoms with Gasteiger partial charge in [0, 0.05) is 12.3 Å². The normalized spacial score (nSPS) is 25.5. The van der Waals surface area contributed by atoms with Gasteiger partial charge in [0.15, 0.2) is 0 Å². The van der Waals surface area contributed by atoms with E-state index in [1.165, 1.54) is 0 Å². The monoisotopic (exact) mass is 254 g/mol. The van der Waals surface area contributed by atoms with Crippen molar-refractivity contribution >= 4 is 11.7 Å². The summed E-state index contributed by atoms with van der Waals surface area (Å²) in [5.41, 5.74) is 0.546. The topological polar surface area (TPSA) is 59.9 Å². The van der Waals surface area contributed by atoms with Crippen LogP contribution in [-0.2, 0) is 14.4 Å². The number of carbonyl (C=O) groups excluding carboxylic acids is 1. The average molecular weight is 254 g/mol. The van der Waals surface area contributed by atoms with E-state index < -0.39 is 11.7 Å². The number of hydrogen-bond acceptors (Lipinski definition) is 5. The third-order valence-corrected chi connectivity index (χ3v) is 3.17. The number of nitrogens with one attached hydrogen (secondary N) is 1. The second-order valence-corrected chi connectivity index (χ2v) is 5.94. The molecule has 0 saturated carbocycles. The van der Waals surface area contributed by atoms with E-state index in [-0.39, 0.29) is 5.97 Å². The Labute approximate surface area is 108 Å². The molecule has 5 heteroatoms. The Bertz CT molecular complexity index is 341. The molecule has 1 N–H and O–H groups in total. The highest BCUT2D eigenvalue weighted by atomic mass is 16.7. The van der Waals surface area contributed by atoms with Crippen LogP contribution in [0.3, 0.4) is 0 Å². The second kappa shape index (κ2) is 5.26. The number of oxime groups is 1. The van der Waals surface area contributed by atoms with Crippen molar-refractivity contribution in [3.8, 4) is 0 Å². The zero-order chi connectivity index (χ0) is 13.2. The summed E-state index contributed by atoms with van der Waals surface area (Å²) in [6.45, 7) is 7.60. The van der Waals surface area contributed by atoms with Crippen molar-refractivity contribution in [2.45, 2.75) is 51.7 Å². The Balaban J connectivity index is 1.84. The van der Waals surface area contributed by atoms with Crippen molar-refractivity contribution in [1.82, 2.24) is 5.32 Å². The van der Waals surface area contributed by atoms with E-state index in [0.717, 1.165) is 31.6 Å². The van der Waals surface area contributed by atoms with Crippen molar-refractivity contribution in [3.63, 3.8) is 0 Å². The van der Waals surface area contributed by atoms with E-state index in [9.17, 15) is 4.79 Å². The van der Waals surface area contributed by atoms with Gasteiger partial charge in [0.1, 0.15) is 5.60 Å². The number of hydrogen-bond donors (Lipinski definition) is 1. The maximum absolute atomic E-state index is 11.9. The van der Waals surface area contributed by atoms with Crippen LogP contribution in [0.4, 0.5) is 0 Å². The summed E-state index contributed by atoms with van der Waals surface area (Å²) in [6, 6.07) is 0. The van der Waals surface area contributed by atoms with E-state index >= 15 is 0 Å². The van der Waals surface area contributed by atoms with Gasteiger partial charge in [-0.15, -0.1) is 0 Å². The minimum absolute atomic E-state index is 0.310. The summed E-state index contributed by atoms with van der Waals surface area (Å²) in [4.78, 5) is 17.1. The number of rotatable bonds is 2. The fourth-order valence-electron chi connectivity index (χ4n) is 2.29. The lowest BCUT2D eigenvalue weighted by molar-refractivity contribution is -0.166. The number of ether oxygens (including phenoxy) is 1. The first kappa shape index (κ1) is 13.3. The molecule has 5 nitrogen and oxygen atoms in total. The first-order chi connectivity index (χ1) is 8.46. The summed E-state index contributed by atoms with van der Waals surface area (Å²) in [6.07, 6.45) is 2.18. The largest absolute Gasteiger partial charge is 0.457 e. The molecule has 0 radical (unpaired) electrons. The molecule has 1 atom stereocenters. The molecule has 2 heterocycles. The van der Waals surface area contributed by atoms with Crippen molar-refractivity contribution in [2.75, 3.05) is 13.1 Å². The summed E-state index contributed by atoms with van der Waals surface area (Å²) in [5, 5.41) is 7.40. The summed E-state index contributed by atoms with van der Waals surface area (Å²) >= 11 is 0. The molecule has 102 valence electrons. The van der Waals surface area contributed by atoms with E-state index in [0.29, 0.717) is 12.3 Å². The summed E-state index contributed by atoms with van der Waals surface area (Å²) in [5.74, 6) is 0.147. The molecule has 2 aliphatic heterocycles. The molecule has 0 aromatic carbocycles. The van der Waals surface area contributed by atoms with Gasteiger partial charge in [0.05, 0.1) is 5.71 Å². The van der Waals surface area contributed by atoms with Crippen LogP contribution in [0, 0.1) is 5.92 Å². The minimum Gasteiger partial charge on any atom is -0.457 e. The van der Waals surface area contributed by atoms with Crippen LogP contribution < -0.4 is 5.32 Å². The smallest absolute Gasteiger partial charge is 0.351 e. The maximum Gasteiger partial charge on any atom is 0.351 e. The predicted octanol–water partition coefficient (Wildman–Crippen LogP) is 1.47. The highest BCUT2D eigenvalue weighted by Crippen LogP contribution is 2.24. The molecule has 0 spiro atoms. The van der Waals surface area contributed by atoms with Crippen LogP contribution in [0.5, 0.6) is 0 Å². The van der Waals surface area contributed by atoms with Gasteiger partial charge < -0.3 is 14.9 Å². The fraction of sp³-hybridized carbons (Fsp3) is 0.846. The minimum atomic E-state index is -0.547. The van der Waals surface area contributed by atoms with Gasteiger partial charge in [-0.3, -0.25) is 0 Å². The zero-order valence-electron chi connectivity index (χ0n) is 11.4. The molecule has 1 saturated heterocycles. The lowest BCUT2D eigenvalue weighted by Gasteiger charge is -2.22. The molecule has 0 aliphatic carbocycles. The van der Waals surface area contributed by atoms with E-state index in [4.69, 9.17) is 9.57 Å². The molecule has 0 aromatic heterocycles. The Morgan fingerprint density at radius 1 is 1.39 bits per heavy atom. The molecule has 18 heavy (non-hydrogen) atoms. The van der Waals surface area contributed by atoms with Crippen molar-refractivity contribution in [2.24, 2.45) is 11.1 Å². The third kappa shape index (κ3) is 3.45. The molecule has 1 unspecified atom stereocenters. The van der Waals surface area contributed by atoms with Gasteiger partial charge in [0.25, 0.3) is 0 Å². The van der Waals surface area contributed by atoms with Crippen LogP contribution >= 0.6 is 0 Å². The molecular formula is C13H22N2O3. The Hall–Kier alpha value is -1.10. The molecule has 2 aliphatic rings. The Morgan fingerprint density at radius 3 is 2.67 bits per heavy atom. The fourth-order valence-corrected chi connectivity index (χ4v) is 2.29. The quantitative estimate of drug-likeness (QED) is 0.758. The van der Waals surface area contributed by atoms with Gasteiger partial charge >= 0.3 is 5.97 Å². The van der Waals surface area contributed by atoms with Crippen LogP contribution in [0.1, 0.15) is 40.0 Å². The van der Waals surface area contributed by atoms with Crippen molar-refractivity contribution in [1.29, 1.82) is 0 Å². The van der Waals surface area contributed by atoms with E-state index in [1.807, 2.05) is 20.8 Å². The lowest BCUT2D eigenvalue weighted by atomic mass is 9.90. The molecular weight excluding hydrogens is 232 g/mol. The summed E-state index contributed by atoms with van der Waals surface area (Å²) < 4.78 is 5.31. The highest BCUT2D eigenvalue weighted by molar-refractivity contribution is 5.92. The second-order valence-electron chi connectivity index (χ2n) is 5.94. The van der Waals surface area contributed by atoms with Crippen molar-refractivity contribution in [3.05, 3.63) is 0 Å². The number of piperidine rings is 1. The zero-order valence-corrected chi connectivity index (χ0v) is 11.4. The predicted molar refractivity (Wildman–Crippen MR) is 68.4 cm³/mol. The molecule has 2 rings (SSSR count). The molecule has 0 bridgehead atoms. The van der Waals surface area contributed by atoms with Gasteiger partial charge in [-0.2, -0.15) is 0 Å². The number of carbonyl (C=O) groups is 1. The third-order valence-electron chi connectivity index (χ3n) is 3.17. The molecule has 0 aromatic rings. The van der Waals surface area contributed by atoms with Gasteiger partial charge in [-0.05, 0) is 46.7 Å². The maximum atomic E-state index is 11.9. The van der Waals surface area contributed by atoms with Gasteiger partial charge in [0.2, 0.25) is 6.10 Å². The van der Waals surface area contributed by atoms with Gasteiger partial charge in [-0.25, -0.2) is 4.79 Å². The average Bonchev–Trinajstić information content (AvgIpc) is 2.77. The van der Waals surface area contributed by atoms with Crippen LogP contribution in [0.25, 0.3) is 0 Å². The standard InChI is InChI=1S/C13H22N2O3/c1-13(2,3)17-12(16)11-8-10(15-18-11)9-4-6-14-7-5-9/h9,11,14H,4-8H2,1-3H3. The number of esters is 1. The molecule has 1 fully saturated rings. The Morgan fingerprint density at radius 2 is 2.06 bits per heavy atom. The van der Waals surface area contributed by atoms with E-state index in [1.54, 1.807) is 0 Å². The summed E-state index contributed by atoms with van der Waals surface area (Å²) in [7, 11) is 0. The van der Waals surface area contributed by atoms with E-state index in [2.05, 4.69) is 10.5 Å². The van der Waals surface area contributed by atoms with Crippen LogP contribution in [0.2, 0.25) is 0 Å². The highest BCUT2D eigenvalue weighted by Gasteiger charge is 2.35. The van der Waals surface area contributed by atoms with Gasteiger partial charge in [-0.1, -0.05) is 5.16 Å². The first-order valence-electron chi connectivity index (χ1n) is 6.62. The van der Waals surface area contributed by atoms with Crippen LogP contribution in [-0.4, -0.2) is 36.5 Å². The SMILES string of the molecule is CC(C)(C)OC(=O)C1CC(C2CCNCC2)=NO1. The lowest BCUT2D eigenvalue weighted by Crippen LogP contribution is -2.34. The molecule has 0 amide bonds. The first-order valence-corrected chi connectivity index (χ1v) is 6.62.